The van der Waals surface area contributed by atoms with Crippen LogP contribution in [0.4, 0.5) is 0 Å². The van der Waals surface area contributed by atoms with Gasteiger partial charge in [-0.25, -0.2) is 0 Å². The Bertz CT molecular complexity index is 202. The number of hydrogen-bond donors (Lipinski definition) is 2. The third kappa shape index (κ3) is 2.48. The summed E-state index contributed by atoms with van der Waals surface area (Å²) in [6.45, 7) is 0.630. The van der Waals surface area contributed by atoms with Crippen molar-refractivity contribution < 1.29 is 0 Å². The summed E-state index contributed by atoms with van der Waals surface area (Å²) < 4.78 is 0. The predicted octanol–water partition coefficient (Wildman–Crippen LogP) is 0.796. The van der Waals surface area contributed by atoms with Gasteiger partial charge in [0.05, 0.1) is 5.69 Å². The standard InChI is InChI=1S/C7H11N3S/c8-4-3-7(11)6-2-1-5-9-10-6/h1-2,5,7,11H,3-4,8H2. The molecule has 0 radical (unpaired) electrons. The second-order valence-electron chi connectivity index (χ2n) is 2.24. The zero-order valence-electron chi connectivity index (χ0n) is 6.14. The Labute approximate surface area is 71.4 Å². The van der Waals surface area contributed by atoms with Crippen LogP contribution in [-0.4, -0.2) is 16.7 Å². The van der Waals surface area contributed by atoms with E-state index in [1.54, 1.807) is 6.20 Å². The van der Waals surface area contributed by atoms with Crippen LogP contribution in [0.15, 0.2) is 18.3 Å². The number of nitrogens with two attached hydrogens (primary N) is 1. The fraction of sp³-hybridized carbons (Fsp3) is 0.429. The second kappa shape index (κ2) is 4.31. The van der Waals surface area contributed by atoms with E-state index in [0.717, 1.165) is 12.1 Å². The molecule has 0 amide bonds. The fourth-order valence-electron chi connectivity index (χ4n) is 0.797. The Kier molecular flexibility index (Phi) is 3.32. The molecule has 1 aromatic rings. The minimum atomic E-state index is 0.119. The number of aromatic nitrogens is 2. The van der Waals surface area contributed by atoms with Crippen molar-refractivity contribution in [2.75, 3.05) is 6.54 Å². The van der Waals surface area contributed by atoms with Crippen LogP contribution in [0.25, 0.3) is 0 Å². The third-order valence-corrected chi connectivity index (χ3v) is 1.90. The number of hydrogen-bond acceptors (Lipinski definition) is 4. The van der Waals surface area contributed by atoms with Gasteiger partial charge in [0, 0.05) is 11.4 Å². The summed E-state index contributed by atoms with van der Waals surface area (Å²) in [6, 6.07) is 3.75. The van der Waals surface area contributed by atoms with Gasteiger partial charge in [-0.15, -0.1) is 0 Å². The molecule has 3 nitrogen and oxygen atoms in total. The normalized spacial score (nSPS) is 12.9. The van der Waals surface area contributed by atoms with Gasteiger partial charge in [-0.05, 0) is 25.1 Å². The van der Waals surface area contributed by atoms with Gasteiger partial charge < -0.3 is 5.73 Å². The Morgan fingerprint density at radius 1 is 1.64 bits per heavy atom. The van der Waals surface area contributed by atoms with Crippen molar-refractivity contribution in [3.05, 3.63) is 24.0 Å². The van der Waals surface area contributed by atoms with E-state index in [1.165, 1.54) is 0 Å². The minimum absolute atomic E-state index is 0.119. The molecule has 1 heterocycles. The van der Waals surface area contributed by atoms with Gasteiger partial charge in [-0.3, -0.25) is 0 Å². The molecule has 0 spiro atoms. The van der Waals surface area contributed by atoms with E-state index in [-0.39, 0.29) is 5.25 Å². The lowest BCUT2D eigenvalue weighted by molar-refractivity contribution is 0.775. The molecule has 0 saturated carbocycles. The maximum atomic E-state index is 5.37. The van der Waals surface area contributed by atoms with E-state index >= 15 is 0 Å². The van der Waals surface area contributed by atoms with Crippen molar-refractivity contribution in [3.8, 4) is 0 Å². The highest BCUT2D eigenvalue weighted by molar-refractivity contribution is 7.80. The summed E-state index contributed by atoms with van der Waals surface area (Å²) in [5.41, 5.74) is 6.26. The van der Waals surface area contributed by atoms with Crippen LogP contribution < -0.4 is 5.73 Å². The Balaban J connectivity index is 2.61. The van der Waals surface area contributed by atoms with Crippen LogP contribution >= 0.6 is 12.6 Å². The maximum Gasteiger partial charge on any atom is 0.0758 e. The molecule has 1 atom stereocenters. The first kappa shape index (κ1) is 8.49. The Hall–Kier alpha value is -0.610. The van der Waals surface area contributed by atoms with Gasteiger partial charge in [0.1, 0.15) is 0 Å². The van der Waals surface area contributed by atoms with Crippen molar-refractivity contribution in [1.82, 2.24) is 10.2 Å². The average Bonchev–Trinajstić information content (AvgIpc) is 2.07. The lowest BCUT2D eigenvalue weighted by atomic mass is 10.2. The second-order valence-corrected chi connectivity index (χ2v) is 2.87. The SMILES string of the molecule is NCCC(S)c1cccnn1. The molecule has 0 bridgehead atoms. The molecular weight excluding hydrogens is 158 g/mol. The maximum absolute atomic E-state index is 5.37. The summed E-state index contributed by atoms with van der Waals surface area (Å²) in [5.74, 6) is 0. The largest absolute Gasteiger partial charge is 0.330 e. The van der Waals surface area contributed by atoms with E-state index in [9.17, 15) is 0 Å². The van der Waals surface area contributed by atoms with E-state index < -0.39 is 0 Å². The molecule has 0 fully saturated rings. The van der Waals surface area contributed by atoms with Crippen LogP contribution in [0.3, 0.4) is 0 Å². The van der Waals surface area contributed by atoms with Gasteiger partial charge in [-0.1, -0.05) is 0 Å². The highest BCUT2D eigenvalue weighted by atomic mass is 32.1. The molecule has 0 aliphatic heterocycles. The van der Waals surface area contributed by atoms with Crippen molar-refractivity contribution in [2.24, 2.45) is 5.73 Å². The van der Waals surface area contributed by atoms with Crippen LogP contribution in [0.5, 0.6) is 0 Å². The van der Waals surface area contributed by atoms with Crippen LogP contribution in [0, 0.1) is 0 Å². The van der Waals surface area contributed by atoms with E-state index in [2.05, 4.69) is 22.8 Å². The van der Waals surface area contributed by atoms with Crippen LogP contribution in [-0.2, 0) is 0 Å². The van der Waals surface area contributed by atoms with Gasteiger partial charge in [0.25, 0.3) is 0 Å². The van der Waals surface area contributed by atoms with E-state index in [4.69, 9.17) is 5.73 Å². The molecule has 4 heteroatoms. The highest BCUT2D eigenvalue weighted by Crippen LogP contribution is 2.19. The first-order valence-electron chi connectivity index (χ1n) is 3.50. The van der Waals surface area contributed by atoms with Gasteiger partial charge in [-0.2, -0.15) is 22.8 Å². The van der Waals surface area contributed by atoms with Crippen molar-refractivity contribution in [2.45, 2.75) is 11.7 Å². The Morgan fingerprint density at radius 3 is 3.00 bits per heavy atom. The summed E-state index contributed by atoms with van der Waals surface area (Å²) >= 11 is 4.32. The first-order valence-corrected chi connectivity index (χ1v) is 4.02. The number of thiol groups is 1. The summed E-state index contributed by atoms with van der Waals surface area (Å²) in [6.07, 6.45) is 2.48. The minimum Gasteiger partial charge on any atom is -0.330 e. The zero-order chi connectivity index (χ0) is 8.10. The van der Waals surface area contributed by atoms with Crippen molar-refractivity contribution in [3.63, 3.8) is 0 Å². The molecule has 11 heavy (non-hydrogen) atoms. The van der Waals surface area contributed by atoms with Crippen molar-refractivity contribution in [1.29, 1.82) is 0 Å². The molecule has 0 aromatic carbocycles. The molecule has 2 N–H and O–H groups in total. The van der Waals surface area contributed by atoms with Gasteiger partial charge >= 0.3 is 0 Å². The molecule has 1 unspecified atom stereocenters. The quantitative estimate of drug-likeness (QED) is 0.658. The molecule has 1 aromatic heterocycles. The van der Waals surface area contributed by atoms with Crippen LogP contribution in [0.2, 0.25) is 0 Å². The summed E-state index contributed by atoms with van der Waals surface area (Å²) in [7, 11) is 0. The summed E-state index contributed by atoms with van der Waals surface area (Å²) in [5, 5.41) is 7.78. The van der Waals surface area contributed by atoms with Gasteiger partial charge in [0.2, 0.25) is 0 Å². The molecular formula is C7H11N3S. The number of nitrogens with zero attached hydrogens (tertiary/aromatic N) is 2. The lowest BCUT2D eigenvalue weighted by Gasteiger charge is -2.05. The smallest absolute Gasteiger partial charge is 0.0758 e. The molecule has 0 saturated heterocycles. The first-order chi connectivity index (χ1) is 5.34. The topological polar surface area (TPSA) is 51.8 Å². The average molecular weight is 169 g/mol. The molecule has 0 aliphatic rings. The molecule has 60 valence electrons. The molecule has 1 rings (SSSR count). The fourth-order valence-corrected chi connectivity index (χ4v) is 1.08. The number of rotatable bonds is 3. The van der Waals surface area contributed by atoms with Crippen LogP contribution in [0.1, 0.15) is 17.4 Å². The predicted molar refractivity (Wildman–Crippen MR) is 47.4 cm³/mol. The summed E-state index contributed by atoms with van der Waals surface area (Å²) in [4.78, 5) is 0. The zero-order valence-corrected chi connectivity index (χ0v) is 7.04. The van der Waals surface area contributed by atoms with E-state index in [0.29, 0.717) is 6.54 Å². The van der Waals surface area contributed by atoms with E-state index in [1.807, 2.05) is 12.1 Å². The third-order valence-electron chi connectivity index (χ3n) is 1.37. The van der Waals surface area contributed by atoms with Gasteiger partial charge in [0.15, 0.2) is 0 Å². The highest BCUT2D eigenvalue weighted by Gasteiger charge is 2.05. The monoisotopic (exact) mass is 169 g/mol. The lowest BCUT2D eigenvalue weighted by Crippen LogP contribution is -2.04. The Morgan fingerprint density at radius 2 is 2.45 bits per heavy atom. The molecule has 0 aliphatic carbocycles. The van der Waals surface area contributed by atoms with Crippen molar-refractivity contribution >= 4 is 12.6 Å².